The fourth-order valence-corrected chi connectivity index (χ4v) is 3.03. The Kier molecular flexibility index (Phi) is 5.32. The minimum absolute atomic E-state index is 0.0178. The third-order valence-electron chi connectivity index (χ3n) is 4.37. The van der Waals surface area contributed by atoms with E-state index < -0.39 is 38.4 Å². The molecule has 0 aliphatic carbocycles. The highest BCUT2D eigenvalue weighted by Gasteiger charge is 2.26. The highest BCUT2D eigenvalue weighted by molar-refractivity contribution is 5.83. The number of halogens is 2. The van der Waals surface area contributed by atoms with Crippen LogP contribution in [-0.2, 0) is 7.05 Å². The lowest BCUT2D eigenvalue weighted by atomic mass is 10.0. The number of hydrogen-bond donors (Lipinski definition) is 1. The van der Waals surface area contributed by atoms with Crippen molar-refractivity contribution in [2.75, 3.05) is 12.4 Å². The zero-order chi connectivity index (χ0) is 22.2. The van der Waals surface area contributed by atoms with Crippen molar-refractivity contribution in [2.45, 2.75) is 6.92 Å². The first-order chi connectivity index (χ1) is 14.1. The van der Waals surface area contributed by atoms with E-state index in [0.717, 1.165) is 30.3 Å². The zero-order valence-corrected chi connectivity index (χ0v) is 16.0. The number of nitrogens with zero attached hydrogens (tertiary/aromatic N) is 4. The fraction of sp³-hybridized carbons (Fsp3) is 0.167. The summed E-state index contributed by atoms with van der Waals surface area (Å²) in [7, 11) is 2.75. The Balaban J connectivity index is 2.18. The number of ether oxygens (including phenoxy) is 1. The van der Waals surface area contributed by atoms with Crippen molar-refractivity contribution in [2.24, 2.45) is 7.05 Å². The Morgan fingerprint density at radius 3 is 2.23 bits per heavy atom. The molecule has 3 aromatic rings. The number of benzene rings is 2. The van der Waals surface area contributed by atoms with Crippen molar-refractivity contribution in [3.8, 4) is 16.9 Å². The molecule has 30 heavy (non-hydrogen) atoms. The molecule has 0 saturated heterocycles. The van der Waals surface area contributed by atoms with Gasteiger partial charge in [0.2, 0.25) is 0 Å². The summed E-state index contributed by atoms with van der Waals surface area (Å²) in [5.74, 6) is -1.78. The SMILES string of the molecule is COc1cc(F)c(-c2c(C)nn(C)c2Nc2ccc([N+](=O)[O-])cc2[N+](=O)[O-])c(F)c1. The third-order valence-corrected chi connectivity index (χ3v) is 4.37. The molecule has 0 saturated carbocycles. The summed E-state index contributed by atoms with van der Waals surface area (Å²) in [4.78, 5) is 20.8. The van der Waals surface area contributed by atoms with Crippen molar-refractivity contribution >= 4 is 22.9 Å². The van der Waals surface area contributed by atoms with Crippen molar-refractivity contribution in [3.05, 3.63) is 67.9 Å². The van der Waals surface area contributed by atoms with Crippen LogP contribution in [0.1, 0.15) is 5.69 Å². The van der Waals surface area contributed by atoms with Crippen LogP contribution in [-0.4, -0.2) is 26.7 Å². The van der Waals surface area contributed by atoms with Crippen LogP contribution in [0.3, 0.4) is 0 Å². The molecule has 0 aliphatic rings. The number of anilines is 2. The Labute approximate surface area is 168 Å². The molecule has 10 nitrogen and oxygen atoms in total. The summed E-state index contributed by atoms with van der Waals surface area (Å²) in [5, 5.41) is 29.2. The van der Waals surface area contributed by atoms with Crippen LogP contribution in [0.4, 0.5) is 31.7 Å². The van der Waals surface area contributed by atoms with Crippen LogP contribution >= 0.6 is 0 Å². The highest BCUT2D eigenvalue weighted by atomic mass is 19.1. The molecule has 0 aliphatic heterocycles. The van der Waals surface area contributed by atoms with E-state index in [0.29, 0.717) is 0 Å². The van der Waals surface area contributed by atoms with Crippen LogP contribution in [0.25, 0.3) is 11.1 Å². The number of nitro benzene ring substituents is 2. The summed E-state index contributed by atoms with van der Waals surface area (Å²) < 4.78 is 35.5. The molecule has 1 N–H and O–H groups in total. The summed E-state index contributed by atoms with van der Waals surface area (Å²) in [6, 6.07) is 5.02. The van der Waals surface area contributed by atoms with E-state index in [4.69, 9.17) is 4.74 Å². The summed E-state index contributed by atoms with van der Waals surface area (Å²) in [5.41, 5.74) is -1.25. The summed E-state index contributed by atoms with van der Waals surface area (Å²) in [6.45, 7) is 1.52. The van der Waals surface area contributed by atoms with E-state index >= 15 is 0 Å². The van der Waals surface area contributed by atoms with Gasteiger partial charge in [-0.25, -0.2) is 8.78 Å². The molecule has 0 amide bonds. The molecule has 0 fully saturated rings. The maximum absolute atomic E-state index is 14.7. The van der Waals surface area contributed by atoms with Gasteiger partial charge in [0.1, 0.15) is 28.9 Å². The Hall–Kier alpha value is -4.09. The number of nitro groups is 2. The molecular formula is C18H15F2N5O5. The summed E-state index contributed by atoms with van der Waals surface area (Å²) in [6.07, 6.45) is 0. The van der Waals surface area contributed by atoms with Gasteiger partial charge in [0.05, 0.1) is 39.8 Å². The van der Waals surface area contributed by atoms with Gasteiger partial charge in [0.25, 0.3) is 11.4 Å². The van der Waals surface area contributed by atoms with E-state index in [1.807, 2.05) is 0 Å². The maximum Gasteiger partial charge on any atom is 0.299 e. The highest BCUT2D eigenvalue weighted by Crippen LogP contribution is 2.39. The number of aromatic nitrogens is 2. The predicted molar refractivity (Wildman–Crippen MR) is 103 cm³/mol. The molecule has 156 valence electrons. The molecule has 0 radical (unpaired) electrons. The van der Waals surface area contributed by atoms with E-state index in [1.54, 1.807) is 0 Å². The van der Waals surface area contributed by atoms with Gasteiger partial charge in [0.15, 0.2) is 0 Å². The van der Waals surface area contributed by atoms with Crippen LogP contribution < -0.4 is 10.1 Å². The van der Waals surface area contributed by atoms with Gasteiger partial charge in [-0.15, -0.1) is 0 Å². The monoisotopic (exact) mass is 419 g/mol. The quantitative estimate of drug-likeness (QED) is 0.468. The molecule has 2 aromatic carbocycles. The molecule has 0 atom stereocenters. The average Bonchev–Trinajstić information content (AvgIpc) is 2.94. The Morgan fingerprint density at radius 1 is 1.07 bits per heavy atom. The van der Waals surface area contributed by atoms with E-state index in [-0.39, 0.29) is 28.5 Å². The molecule has 3 rings (SSSR count). The largest absolute Gasteiger partial charge is 0.497 e. The number of methoxy groups -OCH3 is 1. The van der Waals surface area contributed by atoms with Crippen molar-refractivity contribution < 1.29 is 23.4 Å². The number of nitrogens with one attached hydrogen (secondary N) is 1. The van der Waals surface area contributed by atoms with Gasteiger partial charge in [-0.2, -0.15) is 5.10 Å². The maximum atomic E-state index is 14.7. The van der Waals surface area contributed by atoms with Crippen LogP contribution in [0.5, 0.6) is 5.75 Å². The van der Waals surface area contributed by atoms with E-state index in [9.17, 15) is 29.0 Å². The zero-order valence-electron chi connectivity index (χ0n) is 16.0. The molecule has 1 heterocycles. The predicted octanol–water partition coefficient (Wildman–Crippen LogP) is 4.24. The van der Waals surface area contributed by atoms with Gasteiger partial charge in [-0.3, -0.25) is 24.9 Å². The molecule has 0 spiro atoms. The Bertz CT molecular complexity index is 1160. The first-order valence-electron chi connectivity index (χ1n) is 8.41. The second-order valence-corrected chi connectivity index (χ2v) is 6.24. The Morgan fingerprint density at radius 2 is 1.70 bits per heavy atom. The standard InChI is InChI=1S/C18H15F2N5O5/c1-9-16(17-12(19)7-11(30-3)8-13(17)20)18(23(2)22-9)21-14-5-4-10(24(26)27)6-15(14)25(28)29/h4-8,21H,1-3H3. The first-order valence-corrected chi connectivity index (χ1v) is 8.41. The van der Waals surface area contributed by atoms with Gasteiger partial charge in [0, 0.05) is 25.2 Å². The molecule has 0 unspecified atom stereocenters. The van der Waals surface area contributed by atoms with Gasteiger partial charge < -0.3 is 10.1 Å². The first kappa shape index (κ1) is 20.6. The van der Waals surface area contributed by atoms with Gasteiger partial charge in [-0.1, -0.05) is 0 Å². The number of non-ortho nitro benzene ring substituents is 1. The fourth-order valence-electron chi connectivity index (χ4n) is 3.03. The van der Waals surface area contributed by atoms with Gasteiger partial charge >= 0.3 is 0 Å². The molecule has 0 bridgehead atoms. The lowest BCUT2D eigenvalue weighted by Gasteiger charge is -2.12. The van der Waals surface area contributed by atoms with Crippen molar-refractivity contribution in [1.82, 2.24) is 9.78 Å². The molecule has 1 aromatic heterocycles. The van der Waals surface area contributed by atoms with Gasteiger partial charge in [-0.05, 0) is 13.0 Å². The lowest BCUT2D eigenvalue weighted by molar-refractivity contribution is -0.393. The van der Waals surface area contributed by atoms with E-state index in [1.165, 1.54) is 25.8 Å². The third kappa shape index (κ3) is 3.62. The van der Waals surface area contributed by atoms with Crippen molar-refractivity contribution in [1.29, 1.82) is 0 Å². The van der Waals surface area contributed by atoms with Crippen LogP contribution in [0.15, 0.2) is 30.3 Å². The smallest absolute Gasteiger partial charge is 0.299 e. The van der Waals surface area contributed by atoms with Crippen LogP contribution in [0.2, 0.25) is 0 Å². The number of rotatable bonds is 6. The van der Waals surface area contributed by atoms with E-state index in [2.05, 4.69) is 10.4 Å². The minimum Gasteiger partial charge on any atom is -0.497 e. The minimum atomic E-state index is -0.913. The molecule has 12 heteroatoms. The summed E-state index contributed by atoms with van der Waals surface area (Å²) >= 11 is 0. The average molecular weight is 419 g/mol. The molecular weight excluding hydrogens is 404 g/mol. The second kappa shape index (κ2) is 7.73. The van der Waals surface area contributed by atoms with Crippen LogP contribution in [0, 0.1) is 38.8 Å². The normalized spacial score (nSPS) is 10.7. The second-order valence-electron chi connectivity index (χ2n) is 6.24. The lowest BCUT2D eigenvalue weighted by Crippen LogP contribution is -2.04. The topological polar surface area (TPSA) is 125 Å². The number of hydrogen-bond acceptors (Lipinski definition) is 7. The van der Waals surface area contributed by atoms with Crippen molar-refractivity contribution in [3.63, 3.8) is 0 Å². The number of aryl methyl sites for hydroxylation is 2.